The molecule has 1 heterocycles. The molecular weight excluding hydrogens is 394 g/mol. The first-order chi connectivity index (χ1) is 14.9. The molecule has 0 fully saturated rings. The van der Waals surface area contributed by atoms with E-state index in [1.165, 1.54) is 14.0 Å². The molecule has 0 saturated carbocycles. The van der Waals surface area contributed by atoms with Crippen LogP contribution in [0.1, 0.15) is 34.0 Å². The number of aromatic nitrogens is 1. The van der Waals surface area contributed by atoms with Crippen molar-refractivity contribution in [2.24, 2.45) is 0 Å². The third kappa shape index (κ3) is 5.60. The molecule has 0 bridgehead atoms. The number of carbonyl (C=O) groups excluding carboxylic acids is 2. The van der Waals surface area contributed by atoms with E-state index in [1.807, 2.05) is 26.0 Å². The van der Waals surface area contributed by atoms with E-state index < -0.39 is 0 Å². The number of amides is 2. The normalized spacial score (nSPS) is 10.3. The maximum absolute atomic E-state index is 12.9. The van der Waals surface area contributed by atoms with Crippen molar-refractivity contribution < 1.29 is 19.1 Å². The van der Waals surface area contributed by atoms with Gasteiger partial charge in [0.25, 0.3) is 5.91 Å². The highest BCUT2D eigenvalue weighted by Crippen LogP contribution is 2.29. The number of benzene rings is 2. The van der Waals surface area contributed by atoms with Crippen molar-refractivity contribution in [3.63, 3.8) is 0 Å². The number of anilines is 2. The molecule has 3 aromatic rings. The molecule has 2 amide bonds. The van der Waals surface area contributed by atoms with E-state index in [9.17, 15) is 9.59 Å². The second kappa shape index (κ2) is 9.75. The fourth-order valence-electron chi connectivity index (χ4n) is 3.19. The minimum Gasteiger partial charge on any atom is -0.497 e. The van der Waals surface area contributed by atoms with Crippen LogP contribution in [-0.2, 0) is 11.4 Å². The van der Waals surface area contributed by atoms with E-state index in [2.05, 4.69) is 15.6 Å². The van der Waals surface area contributed by atoms with Crippen molar-refractivity contribution >= 4 is 23.2 Å². The smallest absolute Gasteiger partial charge is 0.255 e. The van der Waals surface area contributed by atoms with Crippen molar-refractivity contribution in [1.29, 1.82) is 0 Å². The summed E-state index contributed by atoms with van der Waals surface area (Å²) in [6, 6.07) is 12.4. The summed E-state index contributed by atoms with van der Waals surface area (Å²) < 4.78 is 11.2. The molecule has 0 atom stereocenters. The van der Waals surface area contributed by atoms with Gasteiger partial charge in [-0.25, -0.2) is 0 Å². The van der Waals surface area contributed by atoms with E-state index in [-0.39, 0.29) is 11.8 Å². The fourth-order valence-corrected chi connectivity index (χ4v) is 3.19. The Kier molecular flexibility index (Phi) is 6.87. The lowest BCUT2D eigenvalue weighted by molar-refractivity contribution is -0.114. The monoisotopic (exact) mass is 419 g/mol. The molecule has 0 unspecified atom stereocenters. The molecule has 2 aromatic carbocycles. The summed E-state index contributed by atoms with van der Waals surface area (Å²) >= 11 is 0. The maximum atomic E-state index is 12.9. The number of hydrogen-bond donors (Lipinski definition) is 2. The van der Waals surface area contributed by atoms with Gasteiger partial charge in [-0.1, -0.05) is 6.07 Å². The average Bonchev–Trinajstić information content (AvgIpc) is 2.74. The first kappa shape index (κ1) is 21.8. The van der Waals surface area contributed by atoms with Crippen LogP contribution in [0, 0.1) is 13.8 Å². The van der Waals surface area contributed by atoms with Gasteiger partial charge in [-0.3, -0.25) is 14.6 Å². The minimum absolute atomic E-state index is 0.234. The molecule has 160 valence electrons. The Morgan fingerprint density at radius 2 is 1.74 bits per heavy atom. The van der Waals surface area contributed by atoms with Gasteiger partial charge in [0.2, 0.25) is 5.91 Å². The van der Waals surface area contributed by atoms with Crippen LogP contribution in [0.4, 0.5) is 11.4 Å². The minimum atomic E-state index is -0.301. The van der Waals surface area contributed by atoms with Gasteiger partial charge in [-0.15, -0.1) is 0 Å². The first-order valence-corrected chi connectivity index (χ1v) is 9.77. The van der Waals surface area contributed by atoms with Crippen LogP contribution in [0.25, 0.3) is 0 Å². The zero-order valence-electron chi connectivity index (χ0n) is 18.0. The van der Waals surface area contributed by atoms with Crippen molar-refractivity contribution in [1.82, 2.24) is 4.98 Å². The Morgan fingerprint density at radius 1 is 1.00 bits per heavy atom. The molecule has 0 radical (unpaired) electrons. The van der Waals surface area contributed by atoms with E-state index >= 15 is 0 Å². The summed E-state index contributed by atoms with van der Waals surface area (Å²) in [5.41, 5.74) is 4.09. The largest absolute Gasteiger partial charge is 0.497 e. The Hall–Kier alpha value is -3.87. The molecule has 0 aliphatic carbocycles. The number of carbonyl (C=O) groups is 2. The van der Waals surface area contributed by atoms with Gasteiger partial charge in [0.1, 0.15) is 18.1 Å². The predicted octanol–water partition coefficient (Wildman–Crippen LogP) is 4.50. The second-order valence-electron chi connectivity index (χ2n) is 7.14. The summed E-state index contributed by atoms with van der Waals surface area (Å²) in [4.78, 5) is 28.5. The molecule has 31 heavy (non-hydrogen) atoms. The molecule has 3 rings (SSSR count). The maximum Gasteiger partial charge on any atom is 0.255 e. The highest BCUT2D eigenvalue weighted by Gasteiger charge is 2.15. The summed E-state index contributed by atoms with van der Waals surface area (Å²) in [6.07, 6.45) is 3.47. The lowest BCUT2D eigenvalue weighted by atomic mass is 10.0. The van der Waals surface area contributed by atoms with Gasteiger partial charge >= 0.3 is 0 Å². The molecule has 7 heteroatoms. The molecule has 0 saturated heterocycles. The number of aryl methyl sites for hydroxylation is 2. The lowest BCUT2D eigenvalue weighted by Gasteiger charge is -2.16. The topological polar surface area (TPSA) is 89.6 Å². The van der Waals surface area contributed by atoms with Crippen LogP contribution in [-0.4, -0.2) is 23.9 Å². The fraction of sp³-hybridized carbons (Fsp3) is 0.208. The lowest BCUT2D eigenvalue weighted by Crippen LogP contribution is -2.16. The zero-order chi connectivity index (χ0) is 22.4. The van der Waals surface area contributed by atoms with Crippen LogP contribution in [0.15, 0.2) is 54.9 Å². The number of rotatable bonds is 7. The molecule has 2 N–H and O–H groups in total. The SMILES string of the molecule is COc1ccc(NC(C)=O)c(NC(=O)c2cc(C)c(OCc3cccnc3)c(C)c2)c1. The van der Waals surface area contributed by atoms with Gasteiger partial charge in [0.15, 0.2) is 0 Å². The van der Waals surface area contributed by atoms with Crippen molar-refractivity contribution in [3.8, 4) is 11.5 Å². The van der Waals surface area contributed by atoms with Crippen LogP contribution in [0.2, 0.25) is 0 Å². The molecule has 0 spiro atoms. The number of nitrogens with one attached hydrogen (secondary N) is 2. The van der Waals surface area contributed by atoms with Gasteiger partial charge in [-0.2, -0.15) is 0 Å². The third-order valence-electron chi connectivity index (χ3n) is 4.61. The van der Waals surface area contributed by atoms with Crippen LogP contribution in [0.3, 0.4) is 0 Å². The molecule has 0 aliphatic rings. The first-order valence-electron chi connectivity index (χ1n) is 9.77. The number of ether oxygens (including phenoxy) is 2. The number of methoxy groups -OCH3 is 1. The molecular formula is C24H25N3O4. The standard InChI is InChI=1S/C24H25N3O4/c1-15-10-19(11-16(2)23(15)31-14-18-6-5-9-25-13-18)24(29)27-22-12-20(30-4)7-8-21(22)26-17(3)28/h5-13H,14H2,1-4H3,(H,26,28)(H,27,29). The van der Waals surface area contributed by atoms with Crippen LogP contribution < -0.4 is 20.1 Å². The van der Waals surface area contributed by atoms with E-state index in [4.69, 9.17) is 9.47 Å². The highest BCUT2D eigenvalue weighted by atomic mass is 16.5. The molecule has 7 nitrogen and oxygen atoms in total. The summed E-state index contributed by atoms with van der Waals surface area (Å²) in [6.45, 7) is 5.60. The predicted molar refractivity (Wildman–Crippen MR) is 120 cm³/mol. The zero-order valence-corrected chi connectivity index (χ0v) is 18.0. The summed E-state index contributed by atoms with van der Waals surface area (Å²) in [7, 11) is 1.54. The van der Waals surface area contributed by atoms with Crippen molar-refractivity contribution in [2.75, 3.05) is 17.7 Å². The average molecular weight is 419 g/mol. The van der Waals surface area contributed by atoms with Crippen LogP contribution in [0.5, 0.6) is 11.5 Å². The number of hydrogen-bond acceptors (Lipinski definition) is 5. The highest BCUT2D eigenvalue weighted by molar-refractivity contribution is 6.07. The van der Waals surface area contributed by atoms with E-state index in [1.54, 1.807) is 42.7 Å². The Bertz CT molecular complexity index is 1070. The van der Waals surface area contributed by atoms with Gasteiger partial charge in [-0.05, 0) is 55.3 Å². The third-order valence-corrected chi connectivity index (χ3v) is 4.61. The van der Waals surface area contributed by atoms with E-state index in [0.717, 1.165) is 22.4 Å². The summed E-state index contributed by atoms with van der Waals surface area (Å²) in [5.74, 6) is 0.768. The Balaban J connectivity index is 1.80. The molecule has 1 aromatic heterocycles. The Morgan fingerprint density at radius 3 is 2.35 bits per heavy atom. The van der Waals surface area contributed by atoms with Crippen molar-refractivity contribution in [2.45, 2.75) is 27.4 Å². The van der Waals surface area contributed by atoms with Crippen molar-refractivity contribution in [3.05, 3.63) is 77.1 Å². The van der Waals surface area contributed by atoms with Crippen LogP contribution >= 0.6 is 0 Å². The molecule has 0 aliphatic heterocycles. The quantitative estimate of drug-likeness (QED) is 0.589. The van der Waals surface area contributed by atoms with Gasteiger partial charge < -0.3 is 20.1 Å². The van der Waals surface area contributed by atoms with E-state index in [0.29, 0.717) is 29.3 Å². The number of nitrogens with zero attached hydrogens (tertiary/aromatic N) is 1. The summed E-state index contributed by atoms with van der Waals surface area (Å²) in [5, 5.41) is 5.57. The van der Waals surface area contributed by atoms with Gasteiger partial charge in [0.05, 0.1) is 18.5 Å². The Labute approximate surface area is 181 Å². The van der Waals surface area contributed by atoms with Gasteiger partial charge in [0, 0.05) is 36.5 Å². The number of pyridine rings is 1. The second-order valence-corrected chi connectivity index (χ2v) is 7.14.